The van der Waals surface area contributed by atoms with Crippen molar-refractivity contribution in [3.63, 3.8) is 0 Å². The molecule has 1 aromatic rings. The van der Waals surface area contributed by atoms with Crippen LogP contribution in [0.3, 0.4) is 0 Å². The van der Waals surface area contributed by atoms with Crippen molar-refractivity contribution in [1.82, 2.24) is 15.5 Å². The SMILES string of the molecule is CCNC(=NCC(C)Oc1cccc(F)c1)N(C)CC(=O)NC(C)(C)C.I. The lowest BCUT2D eigenvalue weighted by molar-refractivity contribution is -0.122. The van der Waals surface area contributed by atoms with E-state index < -0.39 is 0 Å². The van der Waals surface area contributed by atoms with Crippen LogP contribution in [0.5, 0.6) is 5.75 Å². The lowest BCUT2D eigenvalue weighted by Crippen LogP contribution is -2.49. The molecule has 1 atom stereocenters. The molecule has 0 aliphatic carbocycles. The van der Waals surface area contributed by atoms with Crippen molar-refractivity contribution in [3.05, 3.63) is 30.1 Å². The molecule has 8 heteroatoms. The first-order chi connectivity index (χ1) is 12.1. The monoisotopic (exact) mass is 494 g/mol. The highest BCUT2D eigenvalue weighted by atomic mass is 127. The van der Waals surface area contributed by atoms with Gasteiger partial charge in [0.1, 0.15) is 17.7 Å². The lowest BCUT2D eigenvalue weighted by atomic mass is 10.1. The van der Waals surface area contributed by atoms with Gasteiger partial charge in [-0.3, -0.25) is 4.79 Å². The number of carbonyl (C=O) groups excluding carboxylic acids is 1. The Hall–Kier alpha value is -1.58. The second-order valence-electron chi connectivity index (χ2n) is 7.23. The number of halogens is 2. The molecule has 0 saturated heterocycles. The fourth-order valence-electron chi connectivity index (χ4n) is 2.24. The zero-order valence-electron chi connectivity index (χ0n) is 17.0. The highest BCUT2D eigenvalue weighted by Crippen LogP contribution is 2.13. The molecule has 0 spiro atoms. The largest absolute Gasteiger partial charge is 0.489 e. The van der Waals surface area contributed by atoms with E-state index in [2.05, 4.69) is 15.6 Å². The van der Waals surface area contributed by atoms with Crippen LogP contribution in [-0.4, -0.2) is 55.1 Å². The number of likely N-dealkylation sites (N-methyl/N-ethyl adjacent to an activating group) is 1. The van der Waals surface area contributed by atoms with Crippen LogP contribution in [0.4, 0.5) is 4.39 Å². The van der Waals surface area contributed by atoms with E-state index in [1.807, 2.05) is 41.7 Å². The number of benzene rings is 1. The summed E-state index contributed by atoms with van der Waals surface area (Å²) >= 11 is 0. The summed E-state index contributed by atoms with van der Waals surface area (Å²) < 4.78 is 18.9. The number of rotatable bonds is 7. The van der Waals surface area contributed by atoms with Crippen molar-refractivity contribution in [1.29, 1.82) is 0 Å². The maximum atomic E-state index is 13.2. The standard InChI is InChI=1S/C19H31FN4O2.HI/c1-7-21-18(24(6)13-17(25)23-19(3,4)5)22-12-14(2)26-16-10-8-9-15(20)11-16;/h8-11,14H,7,12-13H2,1-6H3,(H,21,22)(H,23,25);1H. The topological polar surface area (TPSA) is 66.0 Å². The van der Waals surface area contributed by atoms with Crippen molar-refractivity contribution >= 4 is 35.8 Å². The van der Waals surface area contributed by atoms with Crippen molar-refractivity contribution in [2.75, 3.05) is 26.7 Å². The Morgan fingerprint density at radius 3 is 2.59 bits per heavy atom. The molecule has 0 fully saturated rings. The van der Waals surface area contributed by atoms with E-state index in [4.69, 9.17) is 4.74 Å². The van der Waals surface area contributed by atoms with Gasteiger partial charge in [-0.05, 0) is 46.8 Å². The summed E-state index contributed by atoms with van der Waals surface area (Å²) in [7, 11) is 1.81. The number of nitrogens with one attached hydrogen (secondary N) is 2. The molecule has 0 aliphatic rings. The highest BCUT2D eigenvalue weighted by Gasteiger charge is 2.17. The minimum atomic E-state index is -0.337. The average molecular weight is 494 g/mol. The molecule has 154 valence electrons. The first-order valence-corrected chi connectivity index (χ1v) is 8.83. The maximum absolute atomic E-state index is 13.2. The summed E-state index contributed by atoms with van der Waals surface area (Å²) in [6.45, 7) is 10.9. The molecule has 0 bridgehead atoms. The highest BCUT2D eigenvalue weighted by molar-refractivity contribution is 14.0. The van der Waals surface area contributed by atoms with Crippen LogP contribution in [0, 0.1) is 5.82 Å². The number of guanidine groups is 1. The van der Waals surface area contributed by atoms with Gasteiger partial charge in [-0.15, -0.1) is 24.0 Å². The van der Waals surface area contributed by atoms with Crippen LogP contribution in [-0.2, 0) is 4.79 Å². The Morgan fingerprint density at radius 1 is 1.37 bits per heavy atom. The second kappa shape index (κ2) is 12.0. The third-order valence-electron chi connectivity index (χ3n) is 3.22. The Labute approximate surface area is 179 Å². The normalized spacial score (nSPS) is 12.6. The van der Waals surface area contributed by atoms with Gasteiger partial charge in [-0.1, -0.05) is 6.07 Å². The lowest BCUT2D eigenvalue weighted by Gasteiger charge is -2.25. The van der Waals surface area contributed by atoms with Gasteiger partial charge in [-0.25, -0.2) is 9.38 Å². The first-order valence-electron chi connectivity index (χ1n) is 8.83. The van der Waals surface area contributed by atoms with E-state index >= 15 is 0 Å². The van der Waals surface area contributed by atoms with Gasteiger partial charge in [0.05, 0.1) is 13.1 Å². The molecular weight excluding hydrogens is 462 g/mol. The molecule has 0 aromatic heterocycles. The molecule has 0 aliphatic heterocycles. The van der Waals surface area contributed by atoms with Gasteiger partial charge in [-0.2, -0.15) is 0 Å². The van der Waals surface area contributed by atoms with E-state index in [9.17, 15) is 9.18 Å². The fourth-order valence-corrected chi connectivity index (χ4v) is 2.24. The molecule has 0 heterocycles. The summed E-state index contributed by atoms with van der Waals surface area (Å²) in [5.41, 5.74) is -0.277. The Balaban J connectivity index is 0.00000676. The molecule has 0 radical (unpaired) electrons. The smallest absolute Gasteiger partial charge is 0.240 e. The zero-order valence-corrected chi connectivity index (χ0v) is 19.3. The van der Waals surface area contributed by atoms with Crippen LogP contribution < -0.4 is 15.4 Å². The number of nitrogens with zero attached hydrogens (tertiary/aromatic N) is 2. The Bertz CT molecular complexity index is 620. The number of aliphatic imine (C=N–C) groups is 1. The van der Waals surface area contributed by atoms with Gasteiger partial charge in [0.15, 0.2) is 5.96 Å². The van der Waals surface area contributed by atoms with Crippen molar-refractivity contribution in [2.24, 2.45) is 4.99 Å². The predicted molar refractivity (Wildman–Crippen MR) is 118 cm³/mol. The van der Waals surface area contributed by atoms with Crippen LogP contribution in [0.15, 0.2) is 29.3 Å². The van der Waals surface area contributed by atoms with Gasteiger partial charge in [0, 0.05) is 25.2 Å². The van der Waals surface area contributed by atoms with E-state index in [0.717, 1.165) is 0 Å². The molecule has 1 aromatic carbocycles. The van der Waals surface area contributed by atoms with E-state index in [1.165, 1.54) is 12.1 Å². The number of amides is 1. The minimum absolute atomic E-state index is 0. The minimum Gasteiger partial charge on any atom is -0.489 e. The van der Waals surface area contributed by atoms with Crippen molar-refractivity contribution < 1.29 is 13.9 Å². The van der Waals surface area contributed by atoms with Crippen molar-refractivity contribution in [3.8, 4) is 5.75 Å². The molecule has 27 heavy (non-hydrogen) atoms. The molecule has 0 saturated carbocycles. The number of hydrogen-bond donors (Lipinski definition) is 2. The van der Waals surface area contributed by atoms with Gasteiger partial charge in [0.25, 0.3) is 0 Å². The quantitative estimate of drug-likeness (QED) is 0.348. The Kier molecular flexibility index (Phi) is 11.3. The Morgan fingerprint density at radius 2 is 2.04 bits per heavy atom. The summed E-state index contributed by atoms with van der Waals surface area (Å²) in [6.07, 6.45) is -0.234. The number of carbonyl (C=O) groups is 1. The van der Waals surface area contributed by atoms with E-state index in [1.54, 1.807) is 17.0 Å². The van der Waals surface area contributed by atoms with Gasteiger partial charge < -0.3 is 20.3 Å². The van der Waals surface area contributed by atoms with Crippen LogP contribution in [0.2, 0.25) is 0 Å². The molecule has 1 rings (SSSR count). The summed E-state index contributed by atoms with van der Waals surface area (Å²) in [6, 6.07) is 6.02. The van der Waals surface area contributed by atoms with Crippen LogP contribution >= 0.6 is 24.0 Å². The predicted octanol–water partition coefficient (Wildman–Crippen LogP) is 3.02. The summed E-state index contributed by atoms with van der Waals surface area (Å²) in [5, 5.41) is 6.09. The fraction of sp³-hybridized carbons (Fsp3) is 0.579. The summed E-state index contributed by atoms with van der Waals surface area (Å²) in [5.74, 6) is 0.674. The number of ether oxygens (including phenoxy) is 1. The van der Waals surface area contributed by atoms with Crippen LogP contribution in [0.1, 0.15) is 34.6 Å². The van der Waals surface area contributed by atoms with Crippen LogP contribution in [0.25, 0.3) is 0 Å². The summed E-state index contributed by atoms with van der Waals surface area (Å²) in [4.78, 5) is 18.4. The first kappa shape index (κ1) is 25.4. The average Bonchev–Trinajstić information content (AvgIpc) is 2.49. The van der Waals surface area contributed by atoms with E-state index in [-0.39, 0.29) is 53.9 Å². The zero-order chi connectivity index (χ0) is 19.7. The molecular formula is C19H32FIN4O2. The van der Waals surface area contributed by atoms with E-state index in [0.29, 0.717) is 24.8 Å². The third-order valence-corrected chi connectivity index (χ3v) is 3.22. The molecule has 1 amide bonds. The van der Waals surface area contributed by atoms with Crippen molar-refractivity contribution in [2.45, 2.75) is 46.3 Å². The second-order valence-corrected chi connectivity index (χ2v) is 7.23. The van der Waals surface area contributed by atoms with Gasteiger partial charge >= 0.3 is 0 Å². The molecule has 6 nitrogen and oxygen atoms in total. The molecule has 2 N–H and O–H groups in total. The third kappa shape index (κ3) is 11.0. The number of hydrogen-bond acceptors (Lipinski definition) is 3. The van der Waals surface area contributed by atoms with Gasteiger partial charge in [0.2, 0.25) is 5.91 Å². The molecule has 1 unspecified atom stereocenters. The maximum Gasteiger partial charge on any atom is 0.240 e.